The molecule has 1 unspecified atom stereocenters. The summed E-state index contributed by atoms with van der Waals surface area (Å²) in [6, 6.07) is 3.73. The van der Waals surface area contributed by atoms with Gasteiger partial charge in [0, 0.05) is 18.0 Å². The van der Waals surface area contributed by atoms with Gasteiger partial charge in [-0.25, -0.2) is 0 Å². The fourth-order valence-electron chi connectivity index (χ4n) is 1.47. The van der Waals surface area contributed by atoms with Crippen LogP contribution < -0.4 is 0 Å². The molecule has 0 aliphatic carbocycles. The highest BCUT2D eigenvalue weighted by Gasteiger charge is 2.10. The van der Waals surface area contributed by atoms with Gasteiger partial charge in [-0.15, -0.1) is 0 Å². The Bertz CT molecular complexity index is 517. The van der Waals surface area contributed by atoms with Gasteiger partial charge in [0.2, 0.25) is 0 Å². The Balaban J connectivity index is 2.46. The van der Waals surface area contributed by atoms with Crippen LogP contribution in [0.25, 0.3) is 11.4 Å². The number of H-pyrrole nitrogens is 1. The van der Waals surface area contributed by atoms with E-state index in [1.54, 1.807) is 23.9 Å². The number of nitrogens with zero attached hydrogens (tertiary/aromatic N) is 3. The first-order chi connectivity index (χ1) is 7.68. The van der Waals surface area contributed by atoms with E-state index in [-0.39, 0.29) is 0 Å². The monoisotopic (exact) mass is 236 g/mol. The number of aliphatic hydroxyl groups is 1. The molecule has 0 saturated heterocycles. The van der Waals surface area contributed by atoms with Crippen LogP contribution in [0.4, 0.5) is 0 Å². The number of aliphatic hydroxyl groups excluding tert-OH is 1. The van der Waals surface area contributed by atoms with Crippen molar-refractivity contribution in [1.82, 2.24) is 19.7 Å². The highest BCUT2D eigenvalue weighted by Crippen LogP contribution is 2.15. The molecule has 2 N–H and O–H groups in total. The van der Waals surface area contributed by atoms with E-state index in [4.69, 9.17) is 12.2 Å². The lowest BCUT2D eigenvalue weighted by molar-refractivity contribution is 0.173. The predicted octanol–water partition coefficient (Wildman–Crippen LogP) is 1.38. The Labute approximate surface area is 97.8 Å². The first-order valence-corrected chi connectivity index (χ1v) is 5.33. The maximum Gasteiger partial charge on any atom is 0.195 e. The van der Waals surface area contributed by atoms with Crippen molar-refractivity contribution in [2.45, 2.75) is 19.6 Å². The van der Waals surface area contributed by atoms with E-state index in [2.05, 4.69) is 15.2 Å². The molecule has 0 bridgehead atoms. The minimum atomic E-state index is -0.472. The fourth-order valence-corrected chi connectivity index (χ4v) is 1.67. The van der Waals surface area contributed by atoms with Gasteiger partial charge in [-0.3, -0.25) is 14.6 Å². The summed E-state index contributed by atoms with van der Waals surface area (Å²) >= 11 is 5.10. The third-order valence-electron chi connectivity index (χ3n) is 2.12. The Hall–Kier alpha value is -1.53. The smallest absolute Gasteiger partial charge is 0.195 e. The molecule has 0 spiro atoms. The number of aromatic amines is 1. The molecule has 16 heavy (non-hydrogen) atoms. The normalized spacial score (nSPS) is 12.6. The maximum atomic E-state index is 9.40. The molecule has 0 aliphatic rings. The highest BCUT2D eigenvalue weighted by atomic mass is 32.1. The zero-order chi connectivity index (χ0) is 11.5. The van der Waals surface area contributed by atoms with Crippen molar-refractivity contribution in [2.75, 3.05) is 0 Å². The summed E-state index contributed by atoms with van der Waals surface area (Å²) in [5.41, 5.74) is 0.871. The average molecular weight is 236 g/mol. The molecule has 0 aromatic carbocycles. The molecule has 2 aromatic heterocycles. The van der Waals surface area contributed by atoms with Crippen molar-refractivity contribution in [3.63, 3.8) is 0 Å². The Morgan fingerprint density at radius 1 is 1.62 bits per heavy atom. The van der Waals surface area contributed by atoms with E-state index in [0.717, 1.165) is 5.56 Å². The standard InChI is InChI=1S/C10H12N4OS/c1-7(15)6-14-9(12-13-10(14)16)8-3-2-4-11-5-8/h2-5,7,15H,6H2,1H3,(H,13,16). The van der Waals surface area contributed by atoms with E-state index in [0.29, 0.717) is 17.1 Å². The van der Waals surface area contributed by atoms with Gasteiger partial charge in [0.1, 0.15) is 0 Å². The second kappa shape index (κ2) is 4.54. The zero-order valence-electron chi connectivity index (χ0n) is 8.79. The van der Waals surface area contributed by atoms with E-state index in [1.165, 1.54) is 0 Å². The van der Waals surface area contributed by atoms with Crippen molar-refractivity contribution in [3.05, 3.63) is 29.3 Å². The number of hydrogen-bond donors (Lipinski definition) is 2. The Kier molecular flexibility index (Phi) is 3.12. The minimum absolute atomic E-state index is 0.416. The molecular formula is C10H12N4OS. The van der Waals surface area contributed by atoms with Gasteiger partial charge in [-0.1, -0.05) is 0 Å². The van der Waals surface area contributed by atoms with Crippen LogP contribution >= 0.6 is 12.2 Å². The van der Waals surface area contributed by atoms with Gasteiger partial charge in [-0.2, -0.15) is 5.10 Å². The molecule has 0 amide bonds. The van der Waals surface area contributed by atoms with Crippen molar-refractivity contribution >= 4 is 12.2 Å². The molecule has 0 aliphatic heterocycles. The van der Waals surface area contributed by atoms with Gasteiger partial charge < -0.3 is 5.11 Å². The summed E-state index contributed by atoms with van der Waals surface area (Å²) in [5.74, 6) is 0.694. The van der Waals surface area contributed by atoms with Crippen molar-refractivity contribution < 1.29 is 5.11 Å². The van der Waals surface area contributed by atoms with E-state index >= 15 is 0 Å². The van der Waals surface area contributed by atoms with Crippen LogP contribution in [0.5, 0.6) is 0 Å². The van der Waals surface area contributed by atoms with Gasteiger partial charge >= 0.3 is 0 Å². The van der Waals surface area contributed by atoms with E-state index < -0.39 is 6.10 Å². The van der Waals surface area contributed by atoms with Crippen molar-refractivity contribution in [1.29, 1.82) is 0 Å². The van der Waals surface area contributed by atoms with E-state index in [9.17, 15) is 5.11 Å². The lowest BCUT2D eigenvalue weighted by atomic mass is 10.2. The van der Waals surface area contributed by atoms with Crippen LogP contribution in [0.15, 0.2) is 24.5 Å². The van der Waals surface area contributed by atoms with Gasteiger partial charge in [0.25, 0.3) is 0 Å². The van der Waals surface area contributed by atoms with Crippen LogP contribution in [0, 0.1) is 4.77 Å². The maximum absolute atomic E-state index is 9.40. The Morgan fingerprint density at radius 2 is 2.44 bits per heavy atom. The zero-order valence-corrected chi connectivity index (χ0v) is 9.61. The molecular weight excluding hydrogens is 224 g/mol. The molecule has 84 valence electrons. The molecule has 1 atom stereocenters. The summed E-state index contributed by atoms with van der Waals surface area (Å²) in [7, 11) is 0. The molecule has 2 rings (SSSR count). The Morgan fingerprint density at radius 3 is 3.06 bits per heavy atom. The van der Waals surface area contributed by atoms with Gasteiger partial charge in [0.15, 0.2) is 10.6 Å². The van der Waals surface area contributed by atoms with Crippen LogP contribution in [0.2, 0.25) is 0 Å². The lowest BCUT2D eigenvalue weighted by Crippen LogP contribution is -2.13. The first-order valence-electron chi connectivity index (χ1n) is 4.92. The van der Waals surface area contributed by atoms with Crippen LogP contribution in [-0.2, 0) is 6.54 Å². The average Bonchev–Trinajstić information content (AvgIpc) is 2.61. The SMILES string of the molecule is CC(O)Cn1c(-c2cccnc2)n[nH]c1=S. The number of aromatic nitrogens is 4. The quantitative estimate of drug-likeness (QED) is 0.790. The van der Waals surface area contributed by atoms with Gasteiger partial charge in [0.05, 0.1) is 12.6 Å². The van der Waals surface area contributed by atoms with Crippen LogP contribution in [0.1, 0.15) is 6.92 Å². The van der Waals surface area contributed by atoms with Gasteiger partial charge in [-0.05, 0) is 31.3 Å². The third kappa shape index (κ3) is 2.17. The third-order valence-corrected chi connectivity index (χ3v) is 2.44. The number of nitrogens with one attached hydrogen (secondary N) is 1. The summed E-state index contributed by atoms with van der Waals surface area (Å²) < 4.78 is 2.26. The van der Waals surface area contributed by atoms with E-state index in [1.807, 2.05) is 12.1 Å². The molecule has 2 aromatic rings. The number of pyridine rings is 1. The molecule has 6 heteroatoms. The minimum Gasteiger partial charge on any atom is -0.392 e. The summed E-state index contributed by atoms with van der Waals surface area (Å²) in [5, 5.41) is 16.2. The second-order valence-corrected chi connectivity index (χ2v) is 3.94. The largest absolute Gasteiger partial charge is 0.392 e. The number of hydrogen-bond acceptors (Lipinski definition) is 4. The number of rotatable bonds is 3. The summed E-state index contributed by atoms with van der Waals surface area (Å²) in [4.78, 5) is 4.03. The molecule has 2 heterocycles. The predicted molar refractivity (Wildman–Crippen MR) is 62.3 cm³/mol. The second-order valence-electron chi connectivity index (χ2n) is 3.55. The summed E-state index contributed by atoms with van der Waals surface area (Å²) in [6.45, 7) is 2.13. The molecule has 0 radical (unpaired) electrons. The molecule has 0 fully saturated rings. The lowest BCUT2D eigenvalue weighted by Gasteiger charge is -2.08. The molecule has 5 nitrogen and oxygen atoms in total. The molecule has 0 saturated carbocycles. The fraction of sp³-hybridized carbons (Fsp3) is 0.300. The van der Waals surface area contributed by atoms with Crippen molar-refractivity contribution in [3.8, 4) is 11.4 Å². The summed E-state index contributed by atoms with van der Waals surface area (Å²) in [6.07, 6.45) is 2.94. The highest BCUT2D eigenvalue weighted by molar-refractivity contribution is 7.71. The van der Waals surface area contributed by atoms with Crippen LogP contribution in [0.3, 0.4) is 0 Å². The van der Waals surface area contributed by atoms with Crippen molar-refractivity contribution in [2.24, 2.45) is 0 Å². The first kappa shape index (κ1) is 11.0. The topological polar surface area (TPSA) is 66.7 Å². The van der Waals surface area contributed by atoms with Crippen LogP contribution in [-0.4, -0.2) is 31.0 Å².